The summed E-state index contributed by atoms with van der Waals surface area (Å²) in [5.74, 6) is 0.537. The van der Waals surface area contributed by atoms with Crippen LogP contribution in [0.5, 0.6) is 11.5 Å². The fraction of sp³-hybridized carbons (Fsp3) is 0.167. The zero-order chi connectivity index (χ0) is 21.3. The number of carbonyl (C=O) groups is 2. The Morgan fingerprint density at radius 1 is 0.567 bits per heavy atom. The lowest BCUT2D eigenvalue weighted by Crippen LogP contribution is -2.06. The maximum absolute atomic E-state index is 12.1. The summed E-state index contributed by atoms with van der Waals surface area (Å²) in [5, 5.41) is 0. The van der Waals surface area contributed by atoms with Crippen LogP contribution in [0.4, 0.5) is 0 Å². The molecule has 0 spiro atoms. The standard InChI is InChI=1S/C24H22O6/c1-27-21-11-7-19(8-12-21)23(25)29-15-17-3-5-18(6-4-17)16-30-24(26)20-9-13-22(28-2)14-10-20/h3-14H,15-16H2,1-2H3. The summed E-state index contributed by atoms with van der Waals surface area (Å²) in [6, 6.07) is 20.8. The van der Waals surface area contributed by atoms with Gasteiger partial charge in [0, 0.05) is 0 Å². The molecule has 3 aromatic rings. The first-order valence-electron chi connectivity index (χ1n) is 9.29. The number of carbonyl (C=O) groups excluding carboxylic acids is 2. The zero-order valence-electron chi connectivity index (χ0n) is 16.8. The SMILES string of the molecule is COc1ccc(C(=O)OCc2ccc(COC(=O)c3ccc(OC)cc3)cc2)cc1. The number of methoxy groups -OCH3 is 2. The Bertz CT molecular complexity index is 893. The maximum atomic E-state index is 12.1. The fourth-order valence-corrected chi connectivity index (χ4v) is 2.65. The minimum atomic E-state index is -0.407. The molecule has 0 radical (unpaired) electrons. The third-order valence-electron chi connectivity index (χ3n) is 4.41. The fourth-order valence-electron chi connectivity index (χ4n) is 2.65. The van der Waals surface area contributed by atoms with Gasteiger partial charge in [-0.25, -0.2) is 9.59 Å². The van der Waals surface area contributed by atoms with E-state index in [0.717, 1.165) is 11.1 Å². The highest BCUT2D eigenvalue weighted by molar-refractivity contribution is 5.90. The van der Waals surface area contributed by atoms with Crippen LogP contribution in [-0.4, -0.2) is 26.2 Å². The molecule has 0 unspecified atom stereocenters. The van der Waals surface area contributed by atoms with Crippen LogP contribution in [0.3, 0.4) is 0 Å². The minimum Gasteiger partial charge on any atom is -0.497 e. The number of ether oxygens (including phenoxy) is 4. The summed E-state index contributed by atoms with van der Waals surface area (Å²) in [7, 11) is 3.13. The largest absolute Gasteiger partial charge is 0.497 e. The van der Waals surface area contributed by atoms with E-state index < -0.39 is 11.9 Å². The van der Waals surface area contributed by atoms with Gasteiger partial charge >= 0.3 is 11.9 Å². The molecule has 0 amide bonds. The van der Waals surface area contributed by atoms with E-state index in [1.165, 1.54) is 0 Å². The van der Waals surface area contributed by atoms with Crippen LogP contribution in [0, 0.1) is 0 Å². The quantitative estimate of drug-likeness (QED) is 0.516. The van der Waals surface area contributed by atoms with Crippen LogP contribution < -0.4 is 9.47 Å². The van der Waals surface area contributed by atoms with Gasteiger partial charge in [0.05, 0.1) is 25.3 Å². The molecule has 0 aliphatic heterocycles. The molecule has 6 heteroatoms. The van der Waals surface area contributed by atoms with Crippen molar-refractivity contribution in [3.63, 3.8) is 0 Å². The lowest BCUT2D eigenvalue weighted by molar-refractivity contribution is 0.0460. The molecule has 0 fully saturated rings. The molecule has 30 heavy (non-hydrogen) atoms. The number of esters is 2. The van der Waals surface area contributed by atoms with Crippen molar-refractivity contribution in [2.75, 3.05) is 14.2 Å². The second-order valence-electron chi connectivity index (χ2n) is 6.43. The topological polar surface area (TPSA) is 71.1 Å². The summed E-state index contributed by atoms with van der Waals surface area (Å²) >= 11 is 0. The van der Waals surface area contributed by atoms with E-state index in [-0.39, 0.29) is 13.2 Å². The van der Waals surface area contributed by atoms with Gasteiger partial charge in [0.2, 0.25) is 0 Å². The second kappa shape index (κ2) is 10.1. The number of hydrogen-bond donors (Lipinski definition) is 0. The highest BCUT2D eigenvalue weighted by Gasteiger charge is 2.09. The summed E-state index contributed by atoms with van der Waals surface area (Å²) < 4.78 is 20.8. The molecule has 3 aromatic carbocycles. The molecule has 154 valence electrons. The van der Waals surface area contributed by atoms with Gasteiger partial charge in [0.15, 0.2) is 0 Å². The van der Waals surface area contributed by atoms with Crippen molar-refractivity contribution < 1.29 is 28.5 Å². The summed E-state index contributed by atoms with van der Waals surface area (Å²) in [6.45, 7) is 0.299. The van der Waals surface area contributed by atoms with Crippen molar-refractivity contribution >= 4 is 11.9 Å². The zero-order valence-corrected chi connectivity index (χ0v) is 16.8. The van der Waals surface area contributed by atoms with Crippen molar-refractivity contribution in [2.24, 2.45) is 0 Å². The second-order valence-corrected chi connectivity index (χ2v) is 6.43. The monoisotopic (exact) mass is 406 g/mol. The molecule has 0 aliphatic carbocycles. The smallest absolute Gasteiger partial charge is 0.338 e. The van der Waals surface area contributed by atoms with Gasteiger partial charge < -0.3 is 18.9 Å². The predicted molar refractivity (Wildman–Crippen MR) is 111 cm³/mol. The Hall–Kier alpha value is -3.80. The summed E-state index contributed by atoms with van der Waals surface area (Å²) in [4.78, 5) is 24.2. The van der Waals surface area contributed by atoms with Crippen LogP contribution >= 0.6 is 0 Å². The molecular weight excluding hydrogens is 384 g/mol. The molecule has 0 bridgehead atoms. The van der Waals surface area contributed by atoms with Crippen molar-refractivity contribution in [3.8, 4) is 11.5 Å². The first-order valence-corrected chi connectivity index (χ1v) is 9.29. The summed E-state index contributed by atoms with van der Waals surface area (Å²) in [5.41, 5.74) is 2.58. The van der Waals surface area contributed by atoms with Gasteiger partial charge in [-0.05, 0) is 59.7 Å². The molecule has 0 saturated carbocycles. The van der Waals surface area contributed by atoms with E-state index in [4.69, 9.17) is 18.9 Å². The molecular formula is C24H22O6. The predicted octanol–water partition coefficient (Wildman–Crippen LogP) is 4.42. The van der Waals surface area contributed by atoms with Crippen molar-refractivity contribution in [1.82, 2.24) is 0 Å². The van der Waals surface area contributed by atoms with E-state index in [1.54, 1.807) is 62.8 Å². The van der Waals surface area contributed by atoms with Crippen molar-refractivity contribution in [3.05, 3.63) is 95.1 Å². The lowest BCUT2D eigenvalue weighted by Gasteiger charge is -2.08. The number of hydrogen-bond acceptors (Lipinski definition) is 6. The first-order chi connectivity index (χ1) is 14.6. The van der Waals surface area contributed by atoms with Crippen LogP contribution in [0.25, 0.3) is 0 Å². The molecule has 0 heterocycles. The van der Waals surface area contributed by atoms with Crippen molar-refractivity contribution in [2.45, 2.75) is 13.2 Å². The average molecular weight is 406 g/mol. The normalized spacial score (nSPS) is 10.2. The van der Waals surface area contributed by atoms with E-state index in [2.05, 4.69) is 0 Å². The van der Waals surface area contributed by atoms with Gasteiger partial charge in [0.25, 0.3) is 0 Å². The van der Waals surface area contributed by atoms with Crippen LogP contribution in [0.1, 0.15) is 31.8 Å². The molecule has 6 nitrogen and oxygen atoms in total. The molecule has 0 saturated heterocycles. The van der Waals surface area contributed by atoms with Crippen LogP contribution in [0.2, 0.25) is 0 Å². The van der Waals surface area contributed by atoms with E-state index in [9.17, 15) is 9.59 Å². The van der Waals surface area contributed by atoms with Gasteiger partial charge in [-0.15, -0.1) is 0 Å². The Morgan fingerprint density at radius 3 is 1.20 bits per heavy atom. The molecule has 0 atom stereocenters. The van der Waals surface area contributed by atoms with E-state index in [1.807, 2.05) is 24.3 Å². The number of rotatable bonds is 8. The van der Waals surface area contributed by atoms with E-state index >= 15 is 0 Å². The maximum Gasteiger partial charge on any atom is 0.338 e. The Kier molecular flexibility index (Phi) is 7.05. The highest BCUT2D eigenvalue weighted by atomic mass is 16.5. The average Bonchev–Trinajstić information content (AvgIpc) is 2.81. The van der Waals surface area contributed by atoms with E-state index in [0.29, 0.717) is 22.6 Å². The van der Waals surface area contributed by atoms with Crippen LogP contribution in [0.15, 0.2) is 72.8 Å². The summed E-state index contributed by atoms with van der Waals surface area (Å²) in [6.07, 6.45) is 0. The van der Waals surface area contributed by atoms with Gasteiger partial charge in [-0.2, -0.15) is 0 Å². The Morgan fingerprint density at radius 2 is 0.900 bits per heavy atom. The number of benzene rings is 3. The van der Waals surface area contributed by atoms with Gasteiger partial charge in [-0.3, -0.25) is 0 Å². The molecule has 0 N–H and O–H groups in total. The van der Waals surface area contributed by atoms with Crippen molar-refractivity contribution in [1.29, 1.82) is 0 Å². The van der Waals surface area contributed by atoms with Gasteiger partial charge in [-0.1, -0.05) is 24.3 Å². The molecule has 3 rings (SSSR count). The first kappa shape index (κ1) is 20.9. The Balaban J connectivity index is 1.48. The highest BCUT2D eigenvalue weighted by Crippen LogP contribution is 2.15. The minimum absolute atomic E-state index is 0.150. The third-order valence-corrected chi connectivity index (χ3v) is 4.41. The van der Waals surface area contributed by atoms with Gasteiger partial charge in [0.1, 0.15) is 24.7 Å². The molecule has 0 aromatic heterocycles. The third kappa shape index (κ3) is 5.61. The lowest BCUT2D eigenvalue weighted by atomic mass is 10.1. The van der Waals surface area contributed by atoms with Crippen LogP contribution in [-0.2, 0) is 22.7 Å². The molecule has 0 aliphatic rings. The Labute approximate surface area is 175 Å².